The average molecular weight is 410 g/mol. The van der Waals surface area contributed by atoms with Gasteiger partial charge in [-0.05, 0) is 36.5 Å². The zero-order valence-electron chi connectivity index (χ0n) is 15.2. The quantitative estimate of drug-likeness (QED) is 0.696. The van der Waals surface area contributed by atoms with Crippen molar-refractivity contribution in [1.29, 1.82) is 0 Å². The van der Waals surface area contributed by atoms with Gasteiger partial charge < -0.3 is 14.5 Å². The SMILES string of the molecule is CCCN1CCOc2cc3c(c(C(F)(F)F)c21)CCN(C(=O)C(F)(F)F)CC3. The number of amides is 1. The van der Waals surface area contributed by atoms with Crippen molar-refractivity contribution in [3.8, 4) is 5.75 Å². The molecule has 156 valence electrons. The summed E-state index contributed by atoms with van der Waals surface area (Å²) in [5.41, 5.74) is -0.665. The Labute approximate surface area is 158 Å². The number of anilines is 1. The average Bonchev–Trinajstić information content (AvgIpc) is 2.80. The zero-order valence-corrected chi connectivity index (χ0v) is 15.2. The molecule has 3 rings (SSSR count). The van der Waals surface area contributed by atoms with Crippen LogP contribution in [0.5, 0.6) is 5.75 Å². The lowest BCUT2D eigenvalue weighted by molar-refractivity contribution is -0.185. The minimum absolute atomic E-state index is 0.0460. The first-order valence-corrected chi connectivity index (χ1v) is 9.03. The van der Waals surface area contributed by atoms with Crippen molar-refractivity contribution >= 4 is 11.6 Å². The third-order valence-electron chi connectivity index (χ3n) is 4.99. The van der Waals surface area contributed by atoms with Crippen molar-refractivity contribution < 1.29 is 35.9 Å². The van der Waals surface area contributed by atoms with E-state index in [1.165, 1.54) is 6.07 Å². The maximum absolute atomic E-state index is 14.0. The van der Waals surface area contributed by atoms with E-state index in [2.05, 4.69) is 0 Å². The van der Waals surface area contributed by atoms with Crippen LogP contribution >= 0.6 is 0 Å². The largest absolute Gasteiger partial charge is 0.490 e. The number of halogens is 6. The second-order valence-corrected chi connectivity index (χ2v) is 6.86. The Morgan fingerprint density at radius 2 is 1.79 bits per heavy atom. The van der Waals surface area contributed by atoms with Gasteiger partial charge in [0, 0.05) is 19.6 Å². The number of rotatable bonds is 2. The number of nitrogens with zero attached hydrogens (tertiary/aromatic N) is 2. The Hall–Kier alpha value is -2.13. The second kappa shape index (κ2) is 7.36. The van der Waals surface area contributed by atoms with E-state index < -0.39 is 30.4 Å². The first-order valence-electron chi connectivity index (χ1n) is 9.03. The number of hydrogen-bond donors (Lipinski definition) is 0. The van der Waals surface area contributed by atoms with Crippen molar-refractivity contribution in [3.05, 3.63) is 22.8 Å². The summed E-state index contributed by atoms with van der Waals surface area (Å²) < 4.78 is 85.7. The van der Waals surface area contributed by atoms with Gasteiger partial charge in [0.25, 0.3) is 0 Å². The Balaban J connectivity index is 2.07. The van der Waals surface area contributed by atoms with Crippen LogP contribution in [-0.4, -0.2) is 49.8 Å². The monoisotopic (exact) mass is 410 g/mol. The van der Waals surface area contributed by atoms with E-state index in [1.807, 2.05) is 6.92 Å². The first-order chi connectivity index (χ1) is 13.0. The van der Waals surface area contributed by atoms with Gasteiger partial charge in [-0.3, -0.25) is 4.79 Å². The second-order valence-electron chi connectivity index (χ2n) is 6.86. The van der Waals surface area contributed by atoms with Crippen LogP contribution in [0.1, 0.15) is 30.0 Å². The summed E-state index contributed by atoms with van der Waals surface area (Å²) in [5.74, 6) is -1.93. The molecule has 0 saturated heterocycles. The fourth-order valence-electron chi connectivity index (χ4n) is 3.85. The van der Waals surface area contributed by atoms with Crippen LogP contribution in [0.3, 0.4) is 0 Å². The van der Waals surface area contributed by atoms with Crippen molar-refractivity contribution in [1.82, 2.24) is 4.90 Å². The van der Waals surface area contributed by atoms with E-state index in [1.54, 1.807) is 4.90 Å². The molecule has 0 bridgehead atoms. The lowest BCUT2D eigenvalue weighted by atomic mass is 9.93. The molecule has 0 unspecified atom stereocenters. The highest BCUT2D eigenvalue weighted by molar-refractivity contribution is 5.82. The fourth-order valence-corrected chi connectivity index (χ4v) is 3.85. The molecule has 4 nitrogen and oxygen atoms in total. The van der Waals surface area contributed by atoms with Gasteiger partial charge in [0.05, 0.1) is 17.8 Å². The molecule has 0 aliphatic carbocycles. The van der Waals surface area contributed by atoms with Crippen LogP contribution in [0, 0.1) is 0 Å². The van der Waals surface area contributed by atoms with Crippen LogP contribution < -0.4 is 9.64 Å². The van der Waals surface area contributed by atoms with Crippen LogP contribution in [-0.2, 0) is 23.8 Å². The highest BCUT2D eigenvalue weighted by atomic mass is 19.4. The topological polar surface area (TPSA) is 32.8 Å². The van der Waals surface area contributed by atoms with E-state index in [0.717, 1.165) is 0 Å². The smallest absolute Gasteiger partial charge is 0.471 e. The number of alkyl halides is 6. The van der Waals surface area contributed by atoms with Crippen LogP contribution in [0.15, 0.2) is 6.07 Å². The normalized spacial score (nSPS) is 17.5. The van der Waals surface area contributed by atoms with Gasteiger partial charge in [-0.15, -0.1) is 0 Å². The van der Waals surface area contributed by atoms with Crippen LogP contribution in [0.2, 0.25) is 0 Å². The molecular weight excluding hydrogens is 390 g/mol. The molecule has 1 aromatic carbocycles. The summed E-state index contributed by atoms with van der Waals surface area (Å²) in [6.45, 7) is 2.11. The molecule has 28 heavy (non-hydrogen) atoms. The molecule has 0 spiro atoms. The molecule has 0 atom stereocenters. The summed E-state index contributed by atoms with van der Waals surface area (Å²) >= 11 is 0. The molecule has 0 radical (unpaired) electrons. The molecule has 2 aliphatic heterocycles. The Morgan fingerprint density at radius 1 is 1.11 bits per heavy atom. The number of carbonyl (C=O) groups excluding carboxylic acids is 1. The molecule has 2 aliphatic rings. The van der Waals surface area contributed by atoms with Gasteiger partial charge in [-0.2, -0.15) is 26.3 Å². The summed E-state index contributed by atoms with van der Waals surface area (Å²) in [6, 6.07) is 1.49. The van der Waals surface area contributed by atoms with E-state index in [4.69, 9.17) is 4.74 Å². The van der Waals surface area contributed by atoms with Gasteiger partial charge in [0.1, 0.15) is 12.4 Å². The van der Waals surface area contributed by atoms with Crippen molar-refractivity contribution in [2.24, 2.45) is 0 Å². The van der Waals surface area contributed by atoms with Crippen molar-refractivity contribution in [2.45, 2.75) is 38.5 Å². The van der Waals surface area contributed by atoms with Gasteiger partial charge in [0.2, 0.25) is 0 Å². The molecule has 0 fully saturated rings. The van der Waals surface area contributed by atoms with Crippen LogP contribution in [0.25, 0.3) is 0 Å². The van der Waals surface area contributed by atoms with E-state index in [0.29, 0.717) is 24.4 Å². The maximum atomic E-state index is 14.0. The summed E-state index contributed by atoms with van der Waals surface area (Å²) in [7, 11) is 0. The lowest BCUT2D eigenvalue weighted by Crippen LogP contribution is -2.42. The molecule has 0 saturated carbocycles. The van der Waals surface area contributed by atoms with Gasteiger partial charge in [-0.25, -0.2) is 0 Å². The van der Waals surface area contributed by atoms with Crippen LogP contribution in [0.4, 0.5) is 32.0 Å². The molecular formula is C18H20F6N2O2. The fraction of sp³-hybridized carbons (Fsp3) is 0.611. The van der Waals surface area contributed by atoms with Crippen molar-refractivity contribution in [3.63, 3.8) is 0 Å². The molecule has 0 aromatic heterocycles. The maximum Gasteiger partial charge on any atom is 0.471 e. The molecule has 0 N–H and O–H groups in total. The Bertz CT molecular complexity index is 760. The predicted molar refractivity (Wildman–Crippen MR) is 89.5 cm³/mol. The number of carbonyl (C=O) groups is 1. The first kappa shape index (κ1) is 20.6. The van der Waals surface area contributed by atoms with Crippen molar-refractivity contribution in [2.75, 3.05) is 37.7 Å². The zero-order chi connectivity index (χ0) is 20.7. The summed E-state index contributed by atoms with van der Waals surface area (Å²) in [6.07, 6.45) is -9.49. The van der Waals surface area contributed by atoms with Gasteiger partial charge in [0.15, 0.2) is 0 Å². The lowest BCUT2D eigenvalue weighted by Gasteiger charge is -2.35. The standard InChI is InChI=1S/C18H20F6N2O2/c1-2-5-25-8-9-28-13-10-11-3-6-26(16(27)18(22,23)24)7-4-12(11)14(15(13)25)17(19,20)21/h10H,2-9H2,1H3. The van der Waals surface area contributed by atoms with E-state index in [-0.39, 0.29) is 48.6 Å². The number of hydrogen-bond acceptors (Lipinski definition) is 3. The van der Waals surface area contributed by atoms with Gasteiger partial charge >= 0.3 is 18.3 Å². The summed E-state index contributed by atoms with van der Waals surface area (Å²) in [5, 5.41) is 0. The Morgan fingerprint density at radius 3 is 2.39 bits per heavy atom. The number of fused-ring (bicyclic) bond motifs is 2. The minimum Gasteiger partial charge on any atom is -0.490 e. The summed E-state index contributed by atoms with van der Waals surface area (Å²) in [4.78, 5) is 13.7. The third-order valence-corrected chi connectivity index (χ3v) is 4.99. The van der Waals surface area contributed by atoms with E-state index in [9.17, 15) is 31.1 Å². The molecule has 1 aromatic rings. The Kier molecular flexibility index (Phi) is 5.42. The molecule has 1 amide bonds. The third kappa shape index (κ3) is 3.86. The van der Waals surface area contributed by atoms with E-state index >= 15 is 0 Å². The predicted octanol–water partition coefficient (Wildman–Crippen LogP) is 3.80. The molecule has 2 heterocycles. The minimum atomic E-state index is -5.05. The molecule has 10 heteroatoms. The van der Waals surface area contributed by atoms with Gasteiger partial charge in [-0.1, -0.05) is 6.92 Å². The number of benzene rings is 1. The highest BCUT2D eigenvalue weighted by Gasteiger charge is 2.45. The number of ether oxygens (including phenoxy) is 1. The highest BCUT2D eigenvalue weighted by Crippen LogP contribution is 2.47.